The molecule has 0 radical (unpaired) electrons. The molecule has 19 heavy (non-hydrogen) atoms. The lowest BCUT2D eigenvalue weighted by Gasteiger charge is -2.49. The number of aliphatic hydroxyl groups excluding tert-OH is 1. The first-order chi connectivity index (χ1) is 9.07. The van der Waals surface area contributed by atoms with Crippen molar-refractivity contribution in [3.8, 4) is 0 Å². The van der Waals surface area contributed by atoms with Crippen LogP contribution in [0.1, 0.15) is 33.1 Å². The molecule has 0 bridgehead atoms. The van der Waals surface area contributed by atoms with Crippen LogP contribution in [-0.2, 0) is 0 Å². The van der Waals surface area contributed by atoms with Gasteiger partial charge in [-0.3, -0.25) is 0 Å². The highest BCUT2D eigenvalue weighted by Gasteiger charge is 2.47. The third-order valence-electron chi connectivity index (χ3n) is 4.73. The first-order valence-corrected chi connectivity index (χ1v) is 7.23. The van der Waals surface area contributed by atoms with E-state index in [0.717, 1.165) is 31.0 Å². The number of aromatic nitrogens is 1. The van der Waals surface area contributed by atoms with Crippen LogP contribution in [0.4, 0.5) is 11.5 Å². The first-order valence-electron chi connectivity index (χ1n) is 7.23. The molecule has 1 aliphatic heterocycles. The Morgan fingerprint density at radius 2 is 2.05 bits per heavy atom. The summed E-state index contributed by atoms with van der Waals surface area (Å²) in [5.74, 6) is 1.08. The maximum atomic E-state index is 9.75. The summed E-state index contributed by atoms with van der Waals surface area (Å²) in [5.41, 5.74) is 1.00. The van der Waals surface area contributed by atoms with Gasteiger partial charge in [0.15, 0.2) is 0 Å². The second-order valence-corrected chi connectivity index (χ2v) is 6.37. The van der Waals surface area contributed by atoms with Crippen molar-refractivity contribution in [2.24, 2.45) is 5.41 Å². The minimum Gasteiger partial charge on any atom is -0.392 e. The Balaban J connectivity index is 1.63. The minimum absolute atomic E-state index is 0.0480. The van der Waals surface area contributed by atoms with Crippen molar-refractivity contribution in [3.05, 3.63) is 18.3 Å². The average molecular weight is 261 g/mol. The van der Waals surface area contributed by atoms with Crippen molar-refractivity contribution >= 4 is 11.5 Å². The van der Waals surface area contributed by atoms with Gasteiger partial charge in [0, 0.05) is 24.5 Å². The van der Waals surface area contributed by atoms with Crippen LogP contribution in [-0.4, -0.2) is 35.3 Å². The smallest absolute Gasteiger partial charge is 0.128 e. The van der Waals surface area contributed by atoms with Crippen molar-refractivity contribution in [2.75, 3.05) is 23.3 Å². The molecule has 1 saturated heterocycles. The number of anilines is 2. The second-order valence-electron chi connectivity index (χ2n) is 6.37. The lowest BCUT2D eigenvalue weighted by atomic mass is 9.64. The topological polar surface area (TPSA) is 48.4 Å². The lowest BCUT2D eigenvalue weighted by molar-refractivity contribution is -0.0510. The third-order valence-corrected chi connectivity index (χ3v) is 4.73. The molecule has 2 atom stereocenters. The predicted octanol–water partition coefficient (Wildman–Crippen LogP) is 2.25. The van der Waals surface area contributed by atoms with E-state index in [1.807, 2.05) is 6.20 Å². The lowest BCUT2D eigenvalue weighted by Crippen LogP contribution is -2.56. The van der Waals surface area contributed by atoms with E-state index < -0.39 is 0 Å². The molecule has 104 valence electrons. The van der Waals surface area contributed by atoms with Gasteiger partial charge in [0.05, 0.1) is 18.0 Å². The van der Waals surface area contributed by atoms with E-state index in [-0.39, 0.29) is 11.5 Å². The molecule has 1 aromatic rings. The number of rotatable bonds is 3. The molecule has 0 spiro atoms. The molecule has 2 unspecified atom stereocenters. The van der Waals surface area contributed by atoms with Crippen LogP contribution < -0.4 is 10.2 Å². The van der Waals surface area contributed by atoms with Crippen LogP contribution in [0.15, 0.2) is 18.3 Å². The van der Waals surface area contributed by atoms with Crippen LogP contribution in [0, 0.1) is 5.41 Å². The van der Waals surface area contributed by atoms with E-state index in [2.05, 4.69) is 41.2 Å². The van der Waals surface area contributed by atoms with Crippen molar-refractivity contribution in [1.82, 2.24) is 4.98 Å². The number of nitrogens with zero attached hydrogens (tertiary/aromatic N) is 2. The van der Waals surface area contributed by atoms with Crippen LogP contribution in [0.3, 0.4) is 0 Å². The SMILES string of the molecule is CC1(C)C(O)CC1Nc1ccc(N2CCCC2)nc1. The maximum absolute atomic E-state index is 9.75. The molecule has 2 heterocycles. The fraction of sp³-hybridized carbons (Fsp3) is 0.667. The monoisotopic (exact) mass is 261 g/mol. The van der Waals surface area contributed by atoms with Gasteiger partial charge < -0.3 is 15.3 Å². The van der Waals surface area contributed by atoms with E-state index >= 15 is 0 Å². The largest absolute Gasteiger partial charge is 0.392 e. The van der Waals surface area contributed by atoms with Gasteiger partial charge in [-0.2, -0.15) is 0 Å². The Labute approximate surface area is 114 Å². The molecule has 4 heteroatoms. The van der Waals surface area contributed by atoms with Gasteiger partial charge >= 0.3 is 0 Å². The van der Waals surface area contributed by atoms with Crippen molar-refractivity contribution in [1.29, 1.82) is 0 Å². The van der Waals surface area contributed by atoms with Gasteiger partial charge in [0.1, 0.15) is 5.82 Å². The normalized spacial score (nSPS) is 29.1. The number of aliphatic hydroxyl groups is 1. The van der Waals surface area contributed by atoms with Gasteiger partial charge in [-0.25, -0.2) is 4.98 Å². The molecular formula is C15H23N3O. The van der Waals surface area contributed by atoms with E-state index in [1.54, 1.807) is 0 Å². The van der Waals surface area contributed by atoms with Gasteiger partial charge in [-0.15, -0.1) is 0 Å². The summed E-state index contributed by atoms with van der Waals surface area (Å²) in [7, 11) is 0. The highest BCUT2D eigenvalue weighted by molar-refractivity contribution is 5.50. The van der Waals surface area contributed by atoms with Crippen molar-refractivity contribution in [3.63, 3.8) is 0 Å². The number of nitrogens with one attached hydrogen (secondary N) is 1. The summed E-state index contributed by atoms with van der Waals surface area (Å²) in [4.78, 5) is 6.87. The third kappa shape index (κ3) is 2.29. The molecule has 1 aliphatic carbocycles. The quantitative estimate of drug-likeness (QED) is 0.876. The number of hydrogen-bond donors (Lipinski definition) is 2. The Morgan fingerprint density at radius 3 is 2.58 bits per heavy atom. The Kier molecular flexibility index (Phi) is 3.13. The van der Waals surface area contributed by atoms with Crippen molar-refractivity contribution in [2.45, 2.75) is 45.3 Å². The number of pyridine rings is 1. The molecular weight excluding hydrogens is 238 g/mol. The molecule has 2 aliphatic rings. The number of hydrogen-bond acceptors (Lipinski definition) is 4. The summed E-state index contributed by atoms with van der Waals surface area (Å²) in [6.45, 7) is 6.46. The van der Waals surface area contributed by atoms with Crippen LogP contribution in [0.5, 0.6) is 0 Å². The summed E-state index contributed by atoms with van der Waals surface area (Å²) in [5, 5.41) is 13.2. The molecule has 0 aromatic carbocycles. The molecule has 1 aromatic heterocycles. The average Bonchev–Trinajstić information content (AvgIpc) is 2.93. The van der Waals surface area contributed by atoms with E-state index in [4.69, 9.17) is 0 Å². The Hall–Kier alpha value is -1.29. The fourth-order valence-electron chi connectivity index (χ4n) is 2.95. The zero-order chi connectivity index (χ0) is 13.5. The van der Waals surface area contributed by atoms with Gasteiger partial charge in [-0.05, 0) is 31.4 Å². The van der Waals surface area contributed by atoms with E-state index in [1.165, 1.54) is 12.8 Å². The van der Waals surface area contributed by atoms with Crippen LogP contribution in [0.25, 0.3) is 0 Å². The molecule has 4 nitrogen and oxygen atoms in total. The molecule has 3 rings (SSSR count). The summed E-state index contributed by atoms with van der Waals surface area (Å²) in [6, 6.07) is 4.53. The predicted molar refractivity (Wildman–Crippen MR) is 77.5 cm³/mol. The first kappa shape index (κ1) is 12.7. The van der Waals surface area contributed by atoms with Gasteiger partial charge in [-0.1, -0.05) is 13.8 Å². The van der Waals surface area contributed by atoms with Crippen LogP contribution >= 0.6 is 0 Å². The fourth-order valence-corrected chi connectivity index (χ4v) is 2.95. The Bertz CT molecular complexity index is 437. The minimum atomic E-state index is -0.193. The highest BCUT2D eigenvalue weighted by atomic mass is 16.3. The van der Waals surface area contributed by atoms with E-state index in [9.17, 15) is 5.11 Å². The van der Waals surface area contributed by atoms with Crippen molar-refractivity contribution < 1.29 is 5.11 Å². The molecule has 2 N–H and O–H groups in total. The van der Waals surface area contributed by atoms with Crippen LogP contribution in [0.2, 0.25) is 0 Å². The summed E-state index contributed by atoms with van der Waals surface area (Å²) >= 11 is 0. The Morgan fingerprint density at radius 1 is 1.32 bits per heavy atom. The standard InChI is InChI=1S/C15H23N3O/c1-15(2)12(9-13(15)19)17-11-5-6-14(16-10-11)18-7-3-4-8-18/h5-6,10,12-13,17,19H,3-4,7-9H2,1-2H3. The summed E-state index contributed by atoms with van der Waals surface area (Å²) in [6.07, 6.45) is 5.09. The zero-order valence-electron chi connectivity index (χ0n) is 11.8. The molecule has 0 amide bonds. The highest BCUT2D eigenvalue weighted by Crippen LogP contribution is 2.42. The summed E-state index contributed by atoms with van der Waals surface area (Å²) < 4.78 is 0. The second kappa shape index (κ2) is 4.67. The zero-order valence-corrected chi connectivity index (χ0v) is 11.8. The molecule has 1 saturated carbocycles. The van der Waals surface area contributed by atoms with Gasteiger partial charge in [0.25, 0.3) is 0 Å². The molecule has 2 fully saturated rings. The maximum Gasteiger partial charge on any atom is 0.128 e. The van der Waals surface area contributed by atoms with Gasteiger partial charge in [0.2, 0.25) is 0 Å². The van der Waals surface area contributed by atoms with E-state index in [0.29, 0.717) is 6.04 Å².